The summed E-state index contributed by atoms with van der Waals surface area (Å²) in [7, 11) is 0. The number of nitro groups is 1. The molecule has 2 aromatic carbocycles. The van der Waals surface area contributed by atoms with Crippen molar-refractivity contribution in [3.8, 4) is 17.1 Å². The van der Waals surface area contributed by atoms with E-state index in [1.807, 2.05) is 47.9 Å². The molecule has 172 valence electrons. The van der Waals surface area contributed by atoms with Crippen LogP contribution in [0.1, 0.15) is 12.5 Å². The topological polar surface area (TPSA) is 116 Å². The molecular weight excluding hydrogens is 476 g/mol. The first-order valence-electron chi connectivity index (χ1n) is 10.2. The summed E-state index contributed by atoms with van der Waals surface area (Å²) in [5, 5.41) is 22.6. The highest BCUT2D eigenvalue weighted by Gasteiger charge is 2.23. The molecule has 2 aromatic heterocycles. The van der Waals surface area contributed by atoms with Gasteiger partial charge in [0, 0.05) is 30.1 Å². The second-order valence-electron chi connectivity index (χ2n) is 7.34. The molecule has 1 N–H and O–H groups in total. The van der Waals surface area contributed by atoms with Crippen molar-refractivity contribution in [1.29, 1.82) is 0 Å². The number of pyridine rings is 1. The van der Waals surface area contributed by atoms with Crippen LogP contribution in [-0.4, -0.2) is 35.8 Å². The number of thioether (sulfide) groups is 1. The number of hydrogen-bond acceptors (Lipinski definition) is 7. The maximum atomic E-state index is 12.9. The Labute approximate surface area is 204 Å². The maximum Gasteiger partial charge on any atom is 0.271 e. The number of hydrogen-bond donors (Lipinski definition) is 1. The number of anilines is 1. The Kier molecular flexibility index (Phi) is 6.90. The predicted octanol–water partition coefficient (Wildman–Crippen LogP) is 5.32. The molecule has 11 heteroatoms. The van der Waals surface area contributed by atoms with Gasteiger partial charge in [-0.05, 0) is 43.7 Å². The van der Waals surface area contributed by atoms with Crippen molar-refractivity contribution in [2.75, 3.05) is 5.32 Å². The molecule has 0 spiro atoms. The molecule has 1 amide bonds. The first kappa shape index (κ1) is 23.4. The lowest BCUT2D eigenvalue weighted by Crippen LogP contribution is -2.23. The van der Waals surface area contributed by atoms with Gasteiger partial charge in [0.15, 0.2) is 11.0 Å². The van der Waals surface area contributed by atoms with Crippen LogP contribution in [0.25, 0.3) is 17.1 Å². The molecule has 4 rings (SSSR count). The number of nitro benzene ring substituents is 1. The molecule has 0 bridgehead atoms. The fourth-order valence-electron chi connectivity index (χ4n) is 3.23. The zero-order valence-electron chi connectivity index (χ0n) is 18.2. The van der Waals surface area contributed by atoms with Crippen LogP contribution in [0.3, 0.4) is 0 Å². The summed E-state index contributed by atoms with van der Waals surface area (Å²) in [5.74, 6) is 0.217. The summed E-state index contributed by atoms with van der Waals surface area (Å²) < 4.78 is 1.89. The number of non-ortho nitro benzene ring substituents is 1. The second kappa shape index (κ2) is 10.0. The van der Waals surface area contributed by atoms with Crippen molar-refractivity contribution in [2.24, 2.45) is 0 Å². The third kappa shape index (κ3) is 4.92. The summed E-state index contributed by atoms with van der Waals surface area (Å²) >= 11 is 7.34. The van der Waals surface area contributed by atoms with E-state index in [-0.39, 0.29) is 22.3 Å². The van der Waals surface area contributed by atoms with E-state index in [9.17, 15) is 14.9 Å². The second-order valence-corrected chi connectivity index (χ2v) is 9.06. The van der Waals surface area contributed by atoms with Gasteiger partial charge in [-0.1, -0.05) is 41.6 Å². The van der Waals surface area contributed by atoms with Crippen molar-refractivity contribution in [2.45, 2.75) is 24.3 Å². The monoisotopic (exact) mass is 494 g/mol. The van der Waals surface area contributed by atoms with Crippen LogP contribution in [-0.2, 0) is 4.79 Å². The molecule has 0 aliphatic heterocycles. The van der Waals surface area contributed by atoms with Crippen LogP contribution in [0.2, 0.25) is 5.02 Å². The van der Waals surface area contributed by atoms with E-state index < -0.39 is 10.2 Å². The van der Waals surface area contributed by atoms with Gasteiger partial charge in [-0.15, -0.1) is 10.2 Å². The minimum Gasteiger partial charge on any atom is -0.324 e. The number of amides is 1. The SMILES string of the molecule is Cc1ccccc1-n1c(SC(C)C(=O)Nc2cc([N+](=O)[O-])ccc2Cl)nnc1-c1cccnc1. The number of rotatable bonds is 7. The van der Waals surface area contributed by atoms with Crippen LogP contribution in [0.4, 0.5) is 11.4 Å². The Morgan fingerprint density at radius 2 is 1.97 bits per heavy atom. The van der Waals surface area contributed by atoms with Crippen molar-refractivity contribution >= 4 is 40.6 Å². The van der Waals surface area contributed by atoms with Gasteiger partial charge >= 0.3 is 0 Å². The van der Waals surface area contributed by atoms with Gasteiger partial charge in [0.2, 0.25) is 5.91 Å². The highest BCUT2D eigenvalue weighted by Crippen LogP contribution is 2.32. The number of benzene rings is 2. The fourth-order valence-corrected chi connectivity index (χ4v) is 4.25. The smallest absolute Gasteiger partial charge is 0.271 e. The maximum absolute atomic E-state index is 12.9. The summed E-state index contributed by atoms with van der Waals surface area (Å²) in [4.78, 5) is 27.6. The zero-order chi connectivity index (χ0) is 24.2. The Morgan fingerprint density at radius 3 is 2.68 bits per heavy atom. The number of para-hydroxylation sites is 1. The molecular formula is C23H19ClN6O3S. The van der Waals surface area contributed by atoms with Crippen molar-refractivity contribution < 1.29 is 9.72 Å². The first-order chi connectivity index (χ1) is 16.3. The largest absolute Gasteiger partial charge is 0.324 e. The number of carbonyl (C=O) groups is 1. The lowest BCUT2D eigenvalue weighted by atomic mass is 10.2. The van der Waals surface area contributed by atoms with E-state index in [0.717, 1.165) is 16.8 Å². The van der Waals surface area contributed by atoms with Crippen LogP contribution < -0.4 is 5.32 Å². The number of aromatic nitrogens is 4. The van der Waals surface area contributed by atoms with Gasteiger partial charge in [0.1, 0.15) is 0 Å². The van der Waals surface area contributed by atoms with Crippen LogP contribution >= 0.6 is 23.4 Å². The molecule has 0 aliphatic rings. The fraction of sp³-hybridized carbons (Fsp3) is 0.130. The van der Waals surface area contributed by atoms with Crippen LogP contribution in [0.15, 0.2) is 72.1 Å². The molecule has 34 heavy (non-hydrogen) atoms. The molecule has 4 aromatic rings. The Morgan fingerprint density at radius 1 is 1.18 bits per heavy atom. The van der Waals surface area contributed by atoms with E-state index in [1.165, 1.54) is 30.0 Å². The number of nitrogens with one attached hydrogen (secondary N) is 1. The molecule has 1 atom stereocenters. The minimum atomic E-state index is -0.607. The van der Waals surface area contributed by atoms with E-state index in [0.29, 0.717) is 11.0 Å². The lowest BCUT2D eigenvalue weighted by Gasteiger charge is -2.15. The van der Waals surface area contributed by atoms with Gasteiger partial charge in [-0.2, -0.15) is 0 Å². The Hall–Kier alpha value is -3.76. The summed E-state index contributed by atoms with van der Waals surface area (Å²) in [6, 6.07) is 15.4. The average Bonchev–Trinajstić information content (AvgIpc) is 3.24. The molecule has 9 nitrogen and oxygen atoms in total. The third-order valence-electron chi connectivity index (χ3n) is 4.98. The number of carbonyl (C=O) groups excluding carboxylic acids is 1. The molecule has 0 fully saturated rings. The highest BCUT2D eigenvalue weighted by molar-refractivity contribution is 8.00. The van der Waals surface area contributed by atoms with E-state index in [4.69, 9.17) is 11.6 Å². The van der Waals surface area contributed by atoms with E-state index in [2.05, 4.69) is 20.5 Å². The van der Waals surface area contributed by atoms with Crippen LogP contribution in [0.5, 0.6) is 0 Å². The minimum absolute atomic E-state index is 0.166. The van der Waals surface area contributed by atoms with Crippen molar-refractivity contribution in [1.82, 2.24) is 19.7 Å². The quantitative estimate of drug-likeness (QED) is 0.210. The van der Waals surface area contributed by atoms with E-state index in [1.54, 1.807) is 19.3 Å². The molecule has 0 saturated heterocycles. The standard InChI is InChI=1S/C23H19ClN6O3S/c1-14-6-3-4-8-20(14)29-21(16-7-5-11-25-13-16)27-28-23(29)34-15(2)22(31)26-19-12-17(30(32)33)9-10-18(19)24/h3-13,15H,1-2H3,(H,26,31). The van der Waals surface area contributed by atoms with Gasteiger partial charge in [0.25, 0.3) is 5.69 Å². The highest BCUT2D eigenvalue weighted by atomic mass is 35.5. The lowest BCUT2D eigenvalue weighted by molar-refractivity contribution is -0.384. The summed E-state index contributed by atoms with van der Waals surface area (Å²) in [5.41, 5.74) is 2.67. The molecule has 0 radical (unpaired) electrons. The number of halogens is 1. The number of nitrogens with zero attached hydrogens (tertiary/aromatic N) is 5. The van der Waals surface area contributed by atoms with Crippen molar-refractivity contribution in [3.63, 3.8) is 0 Å². The third-order valence-corrected chi connectivity index (χ3v) is 6.35. The Bertz CT molecular complexity index is 1360. The van der Waals surface area contributed by atoms with Gasteiger partial charge < -0.3 is 5.32 Å². The first-order valence-corrected chi connectivity index (χ1v) is 11.4. The number of aryl methyl sites for hydroxylation is 1. The summed E-state index contributed by atoms with van der Waals surface area (Å²) in [6.45, 7) is 3.70. The molecule has 0 saturated carbocycles. The normalized spacial score (nSPS) is 11.7. The molecule has 2 heterocycles. The molecule has 1 unspecified atom stereocenters. The van der Waals surface area contributed by atoms with Gasteiger partial charge in [-0.25, -0.2) is 0 Å². The summed E-state index contributed by atoms with van der Waals surface area (Å²) in [6.07, 6.45) is 3.38. The van der Waals surface area contributed by atoms with Gasteiger partial charge in [0.05, 0.1) is 26.6 Å². The Balaban J connectivity index is 1.65. The molecule has 0 aliphatic carbocycles. The van der Waals surface area contributed by atoms with Crippen molar-refractivity contribution in [3.05, 3.63) is 87.7 Å². The van der Waals surface area contributed by atoms with Gasteiger partial charge in [-0.3, -0.25) is 24.5 Å². The zero-order valence-corrected chi connectivity index (χ0v) is 19.7. The predicted molar refractivity (Wildman–Crippen MR) is 131 cm³/mol. The van der Waals surface area contributed by atoms with Crippen LogP contribution in [0, 0.1) is 17.0 Å². The average molecular weight is 495 g/mol. The van der Waals surface area contributed by atoms with E-state index >= 15 is 0 Å².